The highest BCUT2D eigenvalue weighted by Gasteiger charge is 2.36. The van der Waals surface area contributed by atoms with Crippen LogP contribution in [0, 0.1) is 5.92 Å². The third-order valence-electron chi connectivity index (χ3n) is 3.03. The molecule has 1 aliphatic carbocycles. The third-order valence-corrected chi connectivity index (χ3v) is 3.86. The lowest BCUT2D eigenvalue weighted by Crippen LogP contribution is -2.42. The Morgan fingerprint density at radius 3 is 2.70 bits per heavy atom. The molecule has 1 aromatic heterocycles. The van der Waals surface area contributed by atoms with Gasteiger partial charge < -0.3 is 16.2 Å². The summed E-state index contributed by atoms with van der Waals surface area (Å²) >= 11 is 1.19. The van der Waals surface area contributed by atoms with Crippen LogP contribution >= 0.6 is 11.3 Å². The lowest BCUT2D eigenvalue weighted by Gasteiger charge is -2.13. The number of hydrogen-bond acceptors (Lipinski definition) is 5. The third kappa shape index (κ3) is 3.55. The van der Waals surface area contributed by atoms with E-state index in [2.05, 4.69) is 10.6 Å². The Bertz CT molecular complexity index is 539. The van der Waals surface area contributed by atoms with E-state index in [1.807, 2.05) is 0 Å². The van der Waals surface area contributed by atoms with Crippen molar-refractivity contribution in [3.8, 4) is 0 Å². The van der Waals surface area contributed by atoms with Gasteiger partial charge in [-0.3, -0.25) is 19.7 Å². The van der Waals surface area contributed by atoms with Gasteiger partial charge in [0, 0.05) is 0 Å². The molecule has 0 bridgehead atoms. The zero-order valence-electron chi connectivity index (χ0n) is 10.6. The molecule has 1 unspecified atom stereocenters. The van der Waals surface area contributed by atoms with E-state index >= 15 is 0 Å². The number of rotatable bonds is 7. The smallest absolute Gasteiger partial charge is 0.320 e. The van der Waals surface area contributed by atoms with Crippen LogP contribution in [0.5, 0.6) is 0 Å². The first-order valence-electron chi connectivity index (χ1n) is 6.12. The van der Waals surface area contributed by atoms with Crippen LogP contribution in [0.3, 0.4) is 0 Å². The highest BCUT2D eigenvalue weighted by atomic mass is 32.1. The van der Waals surface area contributed by atoms with Gasteiger partial charge in [0.05, 0.1) is 12.1 Å². The van der Waals surface area contributed by atoms with Crippen LogP contribution in [0.2, 0.25) is 0 Å². The molecular weight excluding hydrogens is 282 g/mol. The number of carboxylic acids is 1. The minimum absolute atomic E-state index is 0.100. The maximum atomic E-state index is 11.7. The van der Waals surface area contributed by atoms with Crippen molar-refractivity contribution in [3.05, 3.63) is 17.0 Å². The molecule has 2 amide bonds. The first-order valence-corrected chi connectivity index (χ1v) is 7.00. The van der Waals surface area contributed by atoms with Gasteiger partial charge in [0.25, 0.3) is 5.91 Å². The van der Waals surface area contributed by atoms with Crippen molar-refractivity contribution in [2.45, 2.75) is 18.9 Å². The Balaban J connectivity index is 1.87. The molecule has 1 saturated carbocycles. The fourth-order valence-electron chi connectivity index (χ4n) is 1.86. The van der Waals surface area contributed by atoms with Crippen molar-refractivity contribution < 1.29 is 19.5 Å². The minimum atomic E-state index is -0.950. The first kappa shape index (κ1) is 14.5. The van der Waals surface area contributed by atoms with Gasteiger partial charge in [0.1, 0.15) is 11.0 Å². The molecule has 0 radical (unpaired) electrons. The Morgan fingerprint density at radius 1 is 1.45 bits per heavy atom. The monoisotopic (exact) mass is 297 g/mol. The molecule has 1 heterocycles. The Hall–Kier alpha value is -1.93. The van der Waals surface area contributed by atoms with Crippen LogP contribution in [0.1, 0.15) is 23.2 Å². The average molecular weight is 297 g/mol. The number of nitrogens with two attached hydrogens (primary N) is 1. The van der Waals surface area contributed by atoms with Crippen molar-refractivity contribution in [1.29, 1.82) is 0 Å². The standard InChI is InChI=1S/C12H15N3O4S/c13-10(17)7-3-4-20-11(7)15-8(16)5-14-9(12(18)19)6-1-2-6/h3-4,6,9,14H,1-2,5H2,(H2,13,17)(H,15,16)(H,18,19). The van der Waals surface area contributed by atoms with E-state index in [4.69, 9.17) is 10.8 Å². The number of carboxylic acid groups (broad SMARTS) is 1. The number of thiophene rings is 1. The zero-order chi connectivity index (χ0) is 14.7. The number of primary amides is 1. The lowest BCUT2D eigenvalue weighted by atomic mass is 10.2. The van der Waals surface area contributed by atoms with E-state index in [9.17, 15) is 14.4 Å². The Labute approximate surface area is 119 Å². The maximum absolute atomic E-state index is 11.7. The van der Waals surface area contributed by atoms with Crippen LogP contribution in [0.25, 0.3) is 0 Å². The zero-order valence-corrected chi connectivity index (χ0v) is 11.4. The molecule has 108 valence electrons. The summed E-state index contributed by atoms with van der Waals surface area (Å²) in [6.45, 7) is -0.121. The fraction of sp³-hybridized carbons (Fsp3) is 0.417. The van der Waals surface area contributed by atoms with Crippen molar-refractivity contribution >= 4 is 34.1 Å². The quantitative estimate of drug-likeness (QED) is 0.574. The lowest BCUT2D eigenvalue weighted by molar-refractivity contribution is -0.140. The summed E-state index contributed by atoms with van der Waals surface area (Å²) in [4.78, 5) is 33.8. The van der Waals surface area contributed by atoms with E-state index in [-0.39, 0.29) is 18.0 Å². The second kappa shape index (κ2) is 6.02. The maximum Gasteiger partial charge on any atom is 0.320 e. The highest BCUT2D eigenvalue weighted by molar-refractivity contribution is 7.14. The van der Waals surface area contributed by atoms with Crippen molar-refractivity contribution in [3.63, 3.8) is 0 Å². The molecule has 1 atom stereocenters. The SMILES string of the molecule is NC(=O)c1ccsc1NC(=O)CNC(C(=O)O)C1CC1. The van der Waals surface area contributed by atoms with Crippen molar-refractivity contribution in [1.82, 2.24) is 5.32 Å². The normalized spacial score (nSPS) is 15.6. The molecule has 1 aliphatic rings. The van der Waals surface area contributed by atoms with Crippen LogP contribution in [-0.2, 0) is 9.59 Å². The molecule has 0 saturated heterocycles. The summed E-state index contributed by atoms with van der Waals surface area (Å²) in [7, 11) is 0. The van der Waals surface area contributed by atoms with Crippen molar-refractivity contribution in [2.24, 2.45) is 11.7 Å². The van der Waals surface area contributed by atoms with E-state index in [0.717, 1.165) is 12.8 Å². The number of nitrogens with one attached hydrogen (secondary N) is 2. The van der Waals surface area contributed by atoms with Gasteiger partial charge in [0.2, 0.25) is 5.91 Å². The number of aliphatic carboxylic acids is 1. The topological polar surface area (TPSA) is 122 Å². The highest BCUT2D eigenvalue weighted by Crippen LogP contribution is 2.32. The summed E-state index contributed by atoms with van der Waals surface area (Å²) in [5.74, 6) is -1.87. The predicted molar refractivity (Wildman–Crippen MR) is 73.6 cm³/mol. The van der Waals surface area contributed by atoms with Gasteiger partial charge in [-0.05, 0) is 30.2 Å². The van der Waals surface area contributed by atoms with Crippen molar-refractivity contribution in [2.75, 3.05) is 11.9 Å². The molecule has 0 aliphatic heterocycles. The number of amides is 2. The van der Waals surface area contributed by atoms with Crippen LogP contribution in [0.15, 0.2) is 11.4 Å². The molecule has 8 heteroatoms. The Morgan fingerprint density at radius 2 is 2.15 bits per heavy atom. The van der Waals surface area contributed by atoms with Crippen LogP contribution < -0.4 is 16.4 Å². The second-order valence-electron chi connectivity index (χ2n) is 4.61. The molecule has 0 aromatic carbocycles. The number of carbonyl (C=O) groups excluding carboxylic acids is 2. The van der Waals surface area contributed by atoms with Gasteiger partial charge in [-0.1, -0.05) is 0 Å². The number of anilines is 1. The van der Waals surface area contributed by atoms with Gasteiger partial charge in [-0.2, -0.15) is 0 Å². The second-order valence-corrected chi connectivity index (χ2v) is 5.53. The molecule has 20 heavy (non-hydrogen) atoms. The average Bonchev–Trinajstić information content (AvgIpc) is 3.08. The number of hydrogen-bond donors (Lipinski definition) is 4. The number of carbonyl (C=O) groups is 3. The fourth-order valence-corrected chi connectivity index (χ4v) is 2.67. The minimum Gasteiger partial charge on any atom is -0.480 e. The Kier molecular flexibility index (Phi) is 4.35. The van der Waals surface area contributed by atoms with Gasteiger partial charge in [-0.25, -0.2) is 0 Å². The van der Waals surface area contributed by atoms with E-state index in [1.54, 1.807) is 5.38 Å². The first-order chi connectivity index (χ1) is 9.49. The molecule has 0 spiro atoms. The molecule has 1 fully saturated rings. The molecule has 2 rings (SSSR count). The summed E-state index contributed by atoms with van der Waals surface area (Å²) in [6, 6.07) is 0.833. The van der Waals surface area contributed by atoms with E-state index < -0.39 is 23.8 Å². The molecular formula is C12H15N3O4S. The van der Waals surface area contributed by atoms with Gasteiger partial charge >= 0.3 is 5.97 Å². The molecule has 5 N–H and O–H groups in total. The largest absolute Gasteiger partial charge is 0.480 e. The molecule has 1 aromatic rings. The predicted octanol–water partition coefficient (Wildman–Crippen LogP) is 0.238. The molecule has 7 nitrogen and oxygen atoms in total. The van der Waals surface area contributed by atoms with Crippen LogP contribution in [0.4, 0.5) is 5.00 Å². The summed E-state index contributed by atoms with van der Waals surface area (Å²) in [5.41, 5.74) is 5.42. The summed E-state index contributed by atoms with van der Waals surface area (Å²) < 4.78 is 0. The van der Waals surface area contributed by atoms with E-state index in [0.29, 0.717) is 5.00 Å². The van der Waals surface area contributed by atoms with Gasteiger partial charge in [-0.15, -0.1) is 11.3 Å². The summed E-state index contributed by atoms with van der Waals surface area (Å²) in [5, 5.41) is 16.3. The summed E-state index contributed by atoms with van der Waals surface area (Å²) in [6.07, 6.45) is 1.73. The van der Waals surface area contributed by atoms with Gasteiger partial charge in [0.15, 0.2) is 0 Å². The van der Waals surface area contributed by atoms with Crippen LogP contribution in [-0.4, -0.2) is 35.5 Å². The van der Waals surface area contributed by atoms with E-state index in [1.165, 1.54) is 17.4 Å².